The van der Waals surface area contributed by atoms with E-state index in [0.29, 0.717) is 23.7 Å². The zero-order valence-electron chi connectivity index (χ0n) is 19.3. The van der Waals surface area contributed by atoms with E-state index >= 15 is 0 Å². The molecule has 184 valence electrons. The van der Waals surface area contributed by atoms with Gasteiger partial charge >= 0.3 is 0 Å². The molecule has 2 heterocycles. The number of carbonyl (C=O) groups excluding carboxylic acids is 1. The molecule has 0 fully saturated rings. The molecule has 1 aliphatic carbocycles. The molecule has 1 aromatic heterocycles. The minimum atomic E-state index is -0.577. The summed E-state index contributed by atoms with van der Waals surface area (Å²) in [5.41, 5.74) is 5.59. The van der Waals surface area contributed by atoms with E-state index in [1.54, 1.807) is 18.2 Å². The number of rotatable bonds is 6. The van der Waals surface area contributed by atoms with E-state index in [4.69, 9.17) is 23.2 Å². The molecule has 0 spiro atoms. The van der Waals surface area contributed by atoms with E-state index < -0.39 is 17.7 Å². The van der Waals surface area contributed by atoms with Crippen molar-refractivity contribution in [3.8, 4) is 0 Å². The van der Waals surface area contributed by atoms with Crippen molar-refractivity contribution in [2.75, 3.05) is 19.6 Å². The van der Waals surface area contributed by atoms with Gasteiger partial charge in [-0.25, -0.2) is 9.37 Å². The highest BCUT2D eigenvalue weighted by Gasteiger charge is 2.38. The normalized spacial score (nSPS) is 17.4. The van der Waals surface area contributed by atoms with E-state index in [0.717, 1.165) is 40.8 Å². The second-order valence-corrected chi connectivity index (χ2v) is 9.78. The van der Waals surface area contributed by atoms with Crippen LogP contribution in [0.4, 0.5) is 8.78 Å². The van der Waals surface area contributed by atoms with E-state index in [9.17, 15) is 13.6 Å². The van der Waals surface area contributed by atoms with Gasteiger partial charge in [0.15, 0.2) is 0 Å². The van der Waals surface area contributed by atoms with Crippen LogP contribution >= 0.6 is 23.2 Å². The lowest BCUT2D eigenvalue weighted by molar-refractivity contribution is -0.121. The van der Waals surface area contributed by atoms with Crippen molar-refractivity contribution >= 4 is 40.8 Å². The van der Waals surface area contributed by atoms with E-state index in [1.807, 2.05) is 30.4 Å². The Balaban J connectivity index is 1.32. The Kier molecular flexibility index (Phi) is 7.19. The molecule has 4 nitrogen and oxygen atoms in total. The molecular weight excluding hydrogens is 503 g/mol. The third-order valence-electron chi connectivity index (χ3n) is 6.60. The van der Waals surface area contributed by atoms with Crippen LogP contribution in [0.2, 0.25) is 10.0 Å². The van der Waals surface area contributed by atoms with Crippen LogP contribution in [0.15, 0.2) is 66.4 Å². The predicted molar refractivity (Wildman–Crippen MR) is 139 cm³/mol. The lowest BCUT2D eigenvalue weighted by Gasteiger charge is -2.29. The molecule has 2 aliphatic rings. The van der Waals surface area contributed by atoms with Crippen LogP contribution < -0.4 is 5.32 Å². The first-order valence-corrected chi connectivity index (χ1v) is 12.4. The molecule has 0 bridgehead atoms. The quantitative estimate of drug-likeness (QED) is 0.386. The zero-order valence-corrected chi connectivity index (χ0v) is 20.8. The highest BCUT2D eigenvalue weighted by molar-refractivity contribution is 6.31. The number of hydrogen-bond acceptors (Lipinski definition) is 3. The molecule has 1 N–H and O–H groups in total. The summed E-state index contributed by atoms with van der Waals surface area (Å²) in [6, 6.07) is 13.4. The zero-order chi connectivity index (χ0) is 25.2. The minimum absolute atomic E-state index is 0.106. The third kappa shape index (κ3) is 5.21. The Bertz CT molecular complexity index is 1390. The number of amides is 1. The number of carbonyl (C=O) groups is 1. The molecule has 1 aliphatic heterocycles. The van der Waals surface area contributed by atoms with Crippen molar-refractivity contribution in [2.45, 2.75) is 18.9 Å². The topological polar surface area (TPSA) is 45.2 Å². The van der Waals surface area contributed by atoms with Crippen molar-refractivity contribution in [3.05, 3.63) is 110 Å². The SMILES string of the molecule is O=C(NCc1ccnc(F)c1)C1C2=C(CN(C/C=C/c3ccc(Cl)c(F)c3)CC2)c2ccc(Cl)cc21. The van der Waals surface area contributed by atoms with Gasteiger partial charge in [0, 0.05) is 37.4 Å². The van der Waals surface area contributed by atoms with Gasteiger partial charge in [0.2, 0.25) is 11.9 Å². The summed E-state index contributed by atoms with van der Waals surface area (Å²) < 4.78 is 27.1. The van der Waals surface area contributed by atoms with E-state index in [2.05, 4.69) is 15.2 Å². The number of fused-ring (bicyclic) bond motifs is 2. The monoisotopic (exact) mass is 525 g/mol. The standard InChI is InChI=1S/C28H23Cl2F2N3O/c29-19-4-5-20-22(14-19)27(28(36)34-15-18-7-9-33-26(32)13-18)21-8-11-35(16-23(20)21)10-1-2-17-3-6-24(30)25(31)12-17/h1-7,9,12-14,27H,8,10-11,15-16H2,(H,34,36)/b2-1+. The fourth-order valence-corrected chi connectivity index (χ4v) is 5.20. The molecular formula is C28H23Cl2F2N3O. The summed E-state index contributed by atoms with van der Waals surface area (Å²) in [5.74, 6) is -1.56. The molecule has 8 heteroatoms. The number of pyridine rings is 1. The summed E-state index contributed by atoms with van der Waals surface area (Å²) in [7, 11) is 0. The maximum Gasteiger partial charge on any atom is 0.231 e. The average Bonchev–Trinajstić information content (AvgIpc) is 3.17. The van der Waals surface area contributed by atoms with Crippen molar-refractivity contribution in [1.82, 2.24) is 15.2 Å². The first-order valence-electron chi connectivity index (χ1n) is 11.6. The summed E-state index contributed by atoms with van der Waals surface area (Å²) in [6.45, 7) is 2.39. The summed E-state index contributed by atoms with van der Waals surface area (Å²) in [5, 5.41) is 3.65. The highest BCUT2D eigenvalue weighted by atomic mass is 35.5. The molecule has 1 unspecified atom stereocenters. The maximum absolute atomic E-state index is 13.7. The van der Waals surface area contributed by atoms with E-state index in [1.165, 1.54) is 18.3 Å². The van der Waals surface area contributed by atoms with Gasteiger partial charge in [-0.2, -0.15) is 4.39 Å². The van der Waals surface area contributed by atoms with Gasteiger partial charge in [-0.1, -0.05) is 47.5 Å². The van der Waals surface area contributed by atoms with Crippen molar-refractivity contribution in [2.24, 2.45) is 0 Å². The van der Waals surface area contributed by atoms with Crippen LogP contribution in [0.5, 0.6) is 0 Å². The van der Waals surface area contributed by atoms with E-state index in [-0.39, 0.29) is 17.5 Å². The summed E-state index contributed by atoms with van der Waals surface area (Å²) >= 11 is 12.1. The van der Waals surface area contributed by atoms with Crippen LogP contribution in [0.3, 0.4) is 0 Å². The lowest BCUT2D eigenvalue weighted by Crippen LogP contribution is -2.33. The highest BCUT2D eigenvalue weighted by Crippen LogP contribution is 2.46. The summed E-state index contributed by atoms with van der Waals surface area (Å²) in [6.07, 6.45) is 6.01. The molecule has 2 aromatic carbocycles. The largest absolute Gasteiger partial charge is 0.351 e. The van der Waals surface area contributed by atoms with Gasteiger partial charge in [-0.3, -0.25) is 9.69 Å². The van der Waals surface area contributed by atoms with Crippen molar-refractivity contribution < 1.29 is 13.6 Å². The van der Waals surface area contributed by atoms with Crippen LogP contribution in [0.25, 0.3) is 11.6 Å². The van der Waals surface area contributed by atoms with Gasteiger partial charge in [-0.15, -0.1) is 0 Å². The van der Waals surface area contributed by atoms with Gasteiger partial charge in [-0.05, 0) is 76.2 Å². The number of nitrogens with zero attached hydrogens (tertiary/aromatic N) is 2. The Labute approximate surface area is 218 Å². The molecule has 5 rings (SSSR count). The van der Waals surface area contributed by atoms with Crippen LogP contribution in [0, 0.1) is 11.8 Å². The minimum Gasteiger partial charge on any atom is -0.351 e. The van der Waals surface area contributed by atoms with Crippen LogP contribution in [0.1, 0.15) is 34.6 Å². The first kappa shape index (κ1) is 24.6. The van der Waals surface area contributed by atoms with Gasteiger partial charge < -0.3 is 5.32 Å². The number of hydrogen-bond donors (Lipinski definition) is 1. The molecule has 0 saturated carbocycles. The van der Waals surface area contributed by atoms with Gasteiger partial charge in [0.1, 0.15) is 5.82 Å². The Morgan fingerprint density at radius 3 is 2.81 bits per heavy atom. The molecule has 1 amide bonds. The van der Waals surface area contributed by atoms with Crippen molar-refractivity contribution in [1.29, 1.82) is 0 Å². The van der Waals surface area contributed by atoms with Crippen LogP contribution in [-0.2, 0) is 11.3 Å². The molecule has 1 atom stereocenters. The Morgan fingerprint density at radius 2 is 2.00 bits per heavy atom. The molecule has 0 radical (unpaired) electrons. The summed E-state index contributed by atoms with van der Waals surface area (Å²) in [4.78, 5) is 19.2. The van der Waals surface area contributed by atoms with Crippen LogP contribution in [-0.4, -0.2) is 35.4 Å². The second kappa shape index (κ2) is 10.5. The third-order valence-corrected chi connectivity index (χ3v) is 7.14. The number of halogens is 4. The smallest absolute Gasteiger partial charge is 0.231 e. The van der Waals surface area contributed by atoms with Gasteiger partial charge in [0.25, 0.3) is 0 Å². The number of nitrogens with one attached hydrogen (secondary N) is 1. The molecule has 0 saturated heterocycles. The fourth-order valence-electron chi connectivity index (χ4n) is 4.90. The Hall–Kier alpha value is -3.06. The maximum atomic E-state index is 13.7. The number of aromatic nitrogens is 1. The first-order chi connectivity index (χ1) is 17.4. The molecule has 3 aromatic rings. The molecule has 36 heavy (non-hydrogen) atoms. The lowest BCUT2D eigenvalue weighted by atomic mass is 9.91. The second-order valence-electron chi connectivity index (χ2n) is 8.93. The number of benzene rings is 2. The Morgan fingerprint density at radius 1 is 1.14 bits per heavy atom. The van der Waals surface area contributed by atoms with Crippen molar-refractivity contribution in [3.63, 3.8) is 0 Å². The predicted octanol–water partition coefficient (Wildman–Crippen LogP) is 6.25. The fraction of sp³-hybridized carbons (Fsp3) is 0.214. The average molecular weight is 526 g/mol. The van der Waals surface area contributed by atoms with Gasteiger partial charge in [0.05, 0.1) is 10.9 Å².